The van der Waals surface area contributed by atoms with E-state index in [9.17, 15) is 14.4 Å². The number of rotatable bonds is 8. The smallest absolute Gasteiger partial charge is 0.303 e. The Morgan fingerprint density at radius 2 is 1.83 bits per heavy atom. The SMILES string of the molecule is O=C(O)CCC(=O)[C@H](Cc1ccsc1)NC(=O)c1ccccc1. The maximum absolute atomic E-state index is 12.3. The molecule has 1 heterocycles. The third-order valence-corrected chi connectivity index (χ3v) is 4.07. The minimum absolute atomic E-state index is 0.0980. The lowest BCUT2D eigenvalue weighted by Gasteiger charge is -2.17. The Labute approximate surface area is 138 Å². The Bertz CT molecular complexity index is 667. The van der Waals surface area contributed by atoms with Crippen LogP contribution in [0.25, 0.3) is 0 Å². The summed E-state index contributed by atoms with van der Waals surface area (Å²) < 4.78 is 0. The molecule has 6 heteroatoms. The van der Waals surface area contributed by atoms with Crippen molar-refractivity contribution in [3.05, 3.63) is 58.3 Å². The van der Waals surface area contributed by atoms with Gasteiger partial charge in [0.25, 0.3) is 5.91 Å². The molecular formula is C17H17NO4S. The Morgan fingerprint density at radius 3 is 2.43 bits per heavy atom. The Hall–Kier alpha value is -2.47. The number of thiophene rings is 1. The summed E-state index contributed by atoms with van der Waals surface area (Å²) in [7, 11) is 0. The molecule has 23 heavy (non-hydrogen) atoms. The summed E-state index contributed by atoms with van der Waals surface area (Å²) >= 11 is 1.51. The van der Waals surface area contributed by atoms with Gasteiger partial charge in [0.1, 0.15) is 0 Å². The predicted octanol–water partition coefficient (Wildman–Crippen LogP) is 2.52. The first-order valence-electron chi connectivity index (χ1n) is 7.18. The molecule has 0 aliphatic carbocycles. The number of hydrogen-bond donors (Lipinski definition) is 2. The van der Waals surface area contributed by atoms with Crippen LogP contribution in [0.4, 0.5) is 0 Å². The number of Topliss-reactive ketones (excluding diaryl/α,β-unsaturated/α-hetero) is 1. The number of hydrogen-bond acceptors (Lipinski definition) is 4. The van der Waals surface area contributed by atoms with Crippen molar-refractivity contribution in [1.29, 1.82) is 0 Å². The number of aliphatic carboxylic acids is 1. The van der Waals surface area contributed by atoms with Crippen LogP contribution in [0.1, 0.15) is 28.8 Å². The van der Waals surface area contributed by atoms with Crippen molar-refractivity contribution in [1.82, 2.24) is 5.32 Å². The Balaban J connectivity index is 2.07. The second-order valence-electron chi connectivity index (χ2n) is 5.09. The minimum Gasteiger partial charge on any atom is -0.481 e. The van der Waals surface area contributed by atoms with Gasteiger partial charge in [-0.15, -0.1) is 0 Å². The number of ketones is 1. The molecule has 120 valence electrons. The number of carboxylic acids is 1. The highest BCUT2D eigenvalue weighted by Gasteiger charge is 2.22. The molecular weight excluding hydrogens is 314 g/mol. The second kappa shape index (κ2) is 8.24. The van der Waals surface area contributed by atoms with Gasteiger partial charge in [-0.2, -0.15) is 11.3 Å². The van der Waals surface area contributed by atoms with Crippen LogP contribution in [0.2, 0.25) is 0 Å². The molecule has 1 aromatic carbocycles. The number of amides is 1. The molecule has 0 spiro atoms. The van der Waals surface area contributed by atoms with Gasteiger partial charge < -0.3 is 10.4 Å². The van der Waals surface area contributed by atoms with E-state index in [1.165, 1.54) is 11.3 Å². The summed E-state index contributed by atoms with van der Waals surface area (Å²) in [5.41, 5.74) is 1.41. The molecule has 0 saturated carbocycles. The fourth-order valence-corrected chi connectivity index (χ4v) is 2.81. The van der Waals surface area contributed by atoms with Crippen molar-refractivity contribution in [2.75, 3.05) is 0 Å². The summed E-state index contributed by atoms with van der Waals surface area (Å²) in [5, 5.41) is 15.2. The topological polar surface area (TPSA) is 83.5 Å². The molecule has 5 nitrogen and oxygen atoms in total. The van der Waals surface area contributed by atoms with Gasteiger partial charge in [0.2, 0.25) is 0 Å². The van der Waals surface area contributed by atoms with Crippen LogP contribution in [-0.4, -0.2) is 28.8 Å². The highest BCUT2D eigenvalue weighted by molar-refractivity contribution is 7.07. The van der Waals surface area contributed by atoms with Gasteiger partial charge >= 0.3 is 5.97 Å². The van der Waals surface area contributed by atoms with Gasteiger partial charge in [0.05, 0.1) is 12.5 Å². The van der Waals surface area contributed by atoms with E-state index in [0.29, 0.717) is 12.0 Å². The van der Waals surface area contributed by atoms with E-state index in [2.05, 4.69) is 5.32 Å². The number of carbonyl (C=O) groups excluding carboxylic acids is 2. The second-order valence-corrected chi connectivity index (χ2v) is 5.87. The zero-order chi connectivity index (χ0) is 16.7. The zero-order valence-corrected chi connectivity index (χ0v) is 13.2. The largest absolute Gasteiger partial charge is 0.481 e. The highest BCUT2D eigenvalue weighted by atomic mass is 32.1. The molecule has 0 unspecified atom stereocenters. The Morgan fingerprint density at radius 1 is 1.09 bits per heavy atom. The third-order valence-electron chi connectivity index (χ3n) is 3.34. The van der Waals surface area contributed by atoms with Crippen LogP contribution in [-0.2, 0) is 16.0 Å². The number of carbonyl (C=O) groups is 3. The highest BCUT2D eigenvalue weighted by Crippen LogP contribution is 2.11. The van der Waals surface area contributed by atoms with Crippen LogP contribution in [0.3, 0.4) is 0 Å². The molecule has 0 fully saturated rings. The molecule has 2 N–H and O–H groups in total. The van der Waals surface area contributed by atoms with Gasteiger partial charge in [0.15, 0.2) is 5.78 Å². The molecule has 2 aromatic rings. The molecule has 0 aliphatic heterocycles. The summed E-state index contributed by atoms with van der Waals surface area (Å²) in [4.78, 5) is 35.2. The van der Waals surface area contributed by atoms with Crippen molar-refractivity contribution < 1.29 is 19.5 Å². The van der Waals surface area contributed by atoms with Crippen LogP contribution in [0.5, 0.6) is 0 Å². The summed E-state index contributed by atoms with van der Waals surface area (Å²) in [6.07, 6.45) is 0.0277. The number of carboxylic acid groups (broad SMARTS) is 1. The lowest BCUT2D eigenvalue weighted by atomic mass is 10.0. The monoisotopic (exact) mass is 331 g/mol. The molecule has 0 radical (unpaired) electrons. The summed E-state index contributed by atoms with van der Waals surface area (Å²) in [6.45, 7) is 0. The molecule has 0 bridgehead atoms. The third kappa shape index (κ3) is 5.34. The minimum atomic E-state index is -1.03. The lowest BCUT2D eigenvalue weighted by Crippen LogP contribution is -2.42. The van der Waals surface area contributed by atoms with E-state index in [1.54, 1.807) is 30.3 Å². The van der Waals surface area contributed by atoms with Crippen LogP contribution in [0.15, 0.2) is 47.2 Å². The van der Waals surface area contributed by atoms with Crippen LogP contribution < -0.4 is 5.32 Å². The summed E-state index contributed by atoms with van der Waals surface area (Å²) in [5.74, 6) is -1.64. The number of benzene rings is 1. The normalized spacial score (nSPS) is 11.7. The maximum Gasteiger partial charge on any atom is 0.303 e. The lowest BCUT2D eigenvalue weighted by molar-refractivity contribution is -0.138. The van der Waals surface area contributed by atoms with Crippen LogP contribution >= 0.6 is 11.3 Å². The standard InChI is InChI=1S/C17H17NO4S/c19-15(6-7-16(20)21)14(10-12-8-9-23-11-12)18-17(22)13-4-2-1-3-5-13/h1-5,8-9,11,14H,6-7,10H2,(H,18,22)(H,20,21)/t14-/m0/s1. The zero-order valence-electron chi connectivity index (χ0n) is 12.4. The molecule has 1 aromatic heterocycles. The van der Waals surface area contributed by atoms with E-state index in [1.807, 2.05) is 16.8 Å². The van der Waals surface area contributed by atoms with Gasteiger partial charge in [-0.1, -0.05) is 18.2 Å². The van der Waals surface area contributed by atoms with E-state index in [0.717, 1.165) is 5.56 Å². The van der Waals surface area contributed by atoms with Gasteiger partial charge in [0, 0.05) is 18.4 Å². The van der Waals surface area contributed by atoms with Crippen LogP contribution in [0, 0.1) is 0 Å². The maximum atomic E-state index is 12.3. The number of nitrogens with one attached hydrogen (secondary N) is 1. The van der Waals surface area contributed by atoms with E-state index < -0.39 is 12.0 Å². The molecule has 0 saturated heterocycles. The first kappa shape index (κ1) is 16.9. The van der Waals surface area contributed by atoms with Crippen molar-refractivity contribution in [2.45, 2.75) is 25.3 Å². The average Bonchev–Trinajstić information content (AvgIpc) is 3.05. The van der Waals surface area contributed by atoms with Crippen molar-refractivity contribution in [3.63, 3.8) is 0 Å². The molecule has 2 rings (SSSR count). The van der Waals surface area contributed by atoms with E-state index in [4.69, 9.17) is 5.11 Å². The van der Waals surface area contributed by atoms with Gasteiger partial charge in [-0.25, -0.2) is 0 Å². The molecule has 1 amide bonds. The first-order chi connectivity index (χ1) is 11.1. The average molecular weight is 331 g/mol. The quantitative estimate of drug-likeness (QED) is 0.778. The van der Waals surface area contributed by atoms with Gasteiger partial charge in [-0.05, 0) is 34.5 Å². The molecule has 0 aliphatic rings. The fraction of sp³-hybridized carbons (Fsp3) is 0.235. The molecule has 1 atom stereocenters. The Kier molecular flexibility index (Phi) is 6.05. The van der Waals surface area contributed by atoms with E-state index in [-0.39, 0.29) is 24.5 Å². The van der Waals surface area contributed by atoms with E-state index >= 15 is 0 Å². The predicted molar refractivity (Wildman–Crippen MR) is 87.6 cm³/mol. The first-order valence-corrected chi connectivity index (χ1v) is 8.12. The summed E-state index contributed by atoms with van der Waals surface area (Å²) in [6, 6.07) is 9.78. The van der Waals surface area contributed by atoms with Crippen molar-refractivity contribution >= 4 is 29.0 Å². The van der Waals surface area contributed by atoms with Crippen molar-refractivity contribution in [3.8, 4) is 0 Å². The van der Waals surface area contributed by atoms with Gasteiger partial charge in [-0.3, -0.25) is 14.4 Å². The van der Waals surface area contributed by atoms with Crippen molar-refractivity contribution in [2.24, 2.45) is 0 Å². The fourth-order valence-electron chi connectivity index (χ4n) is 2.13.